The van der Waals surface area contributed by atoms with Gasteiger partial charge in [-0.05, 0) is 18.9 Å². The van der Waals surface area contributed by atoms with Crippen molar-refractivity contribution in [1.82, 2.24) is 20.6 Å². The second-order valence-corrected chi connectivity index (χ2v) is 7.55. The number of urea groups is 1. The third-order valence-electron chi connectivity index (χ3n) is 4.33. The number of carbonyl (C=O) groups is 2. The first kappa shape index (κ1) is 20.4. The molecule has 2 N–H and O–H groups in total. The normalized spacial score (nSPS) is 15.0. The molecular formula is C18H19F3N4O2S. The zero-order valence-electron chi connectivity index (χ0n) is 14.9. The molecule has 0 unspecified atom stereocenters. The predicted molar refractivity (Wildman–Crippen MR) is 98.8 cm³/mol. The molecule has 1 aliphatic rings. The Morgan fingerprint density at radius 3 is 2.57 bits per heavy atom. The zero-order chi connectivity index (χ0) is 20.1. The lowest BCUT2D eigenvalue weighted by Gasteiger charge is -2.12. The van der Waals surface area contributed by atoms with Gasteiger partial charge in [-0.25, -0.2) is 14.8 Å². The maximum absolute atomic E-state index is 13.0. The lowest BCUT2D eigenvalue weighted by Crippen LogP contribution is -2.43. The number of aromatic nitrogens is 2. The SMILES string of the molecule is O=C(CCSc1nc(C(F)(F)F)nc2ccccc12)NC(=O)NC1CCCC1. The van der Waals surface area contributed by atoms with Crippen molar-refractivity contribution in [3.8, 4) is 0 Å². The summed E-state index contributed by atoms with van der Waals surface area (Å²) in [6.07, 6.45) is -0.762. The van der Waals surface area contributed by atoms with Gasteiger partial charge in [0.15, 0.2) is 0 Å². The minimum atomic E-state index is -4.66. The molecule has 0 radical (unpaired) electrons. The van der Waals surface area contributed by atoms with E-state index in [0.717, 1.165) is 37.4 Å². The molecule has 0 spiro atoms. The number of benzene rings is 1. The fourth-order valence-corrected chi connectivity index (χ4v) is 3.97. The number of hydrogen-bond donors (Lipinski definition) is 2. The molecule has 0 saturated heterocycles. The topological polar surface area (TPSA) is 84.0 Å². The van der Waals surface area contributed by atoms with Gasteiger partial charge >= 0.3 is 12.2 Å². The van der Waals surface area contributed by atoms with Gasteiger partial charge in [0, 0.05) is 23.6 Å². The molecule has 3 rings (SSSR count). The van der Waals surface area contributed by atoms with Gasteiger partial charge in [0.05, 0.1) is 5.52 Å². The number of hydrogen-bond acceptors (Lipinski definition) is 5. The maximum atomic E-state index is 13.0. The van der Waals surface area contributed by atoms with E-state index in [-0.39, 0.29) is 28.8 Å². The van der Waals surface area contributed by atoms with Crippen LogP contribution < -0.4 is 10.6 Å². The highest BCUT2D eigenvalue weighted by Gasteiger charge is 2.35. The number of para-hydroxylation sites is 1. The summed E-state index contributed by atoms with van der Waals surface area (Å²) in [5.41, 5.74) is 0.188. The largest absolute Gasteiger partial charge is 0.451 e. The molecule has 1 fully saturated rings. The van der Waals surface area contributed by atoms with Crippen LogP contribution in [0.4, 0.5) is 18.0 Å². The highest BCUT2D eigenvalue weighted by molar-refractivity contribution is 7.99. The number of carbonyl (C=O) groups excluding carboxylic acids is 2. The van der Waals surface area contributed by atoms with Crippen molar-refractivity contribution >= 4 is 34.6 Å². The molecule has 1 heterocycles. The van der Waals surface area contributed by atoms with Gasteiger partial charge in [0.1, 0.15) is 5.03 Å². The molecule has 1 aromatic carbocycles. The van der Waals surface area contributed by atoms with E-state index in [0.29, 0.717) is 5.39 Å². The Kier molecular flexibility index (Phi) is 6.38. The number of nitrogens with zero attached hydrogens (tertiary/aromatic N) is 2. The summed E-state index contributed by atoms with van der Waals surface area (Å²) in [6.45, 7) is 0. The maximum Gasteiger partial charge on any atom is 0.451 e. The van der Waals surface area contributed by atoms with E-state index in [2.05, 4.69) is 20.6 Å². The summed E-state index contributed by atoms with van der Waals surface area (Å²) in [4.78, 5) is 30.9. The predicted octanol–water partition coefficient (Wildman–Crippen LogP) is 3.90. The number of fused-ring (bicyclic) bond motifs is 1. The van der Waals surface area contributed by atoms with Crippen molar-refractivity contribution < 1.29 is 22.8 Å². The number of imide groups is 1. The molecule has 0 aliphatic heterocycles. The molecule has 10 heteroatoms. The van der Waals surface area contributed by atoms with Gasteiger partial charge < -0.3 is 5.32 Å². The van der Waals surface area contributed by atoms with E-state index in [9.17, 15) is 22.8 Å². The Bertz CT molecular complexity index is 870. The van der Waals surface area contributed by atoms with Gasteiger partial charge in [-0.3, -0.25) is 10.1 Å². The third-order valence-corrected chi connectivity index (χ3v) is 5.33. The number of rotatable bonds is 5. The Hall–Kier alpha value is -2.36. The van der Waals surface area contributed by atoms with Crippen molar-refractivity contribution in [2.75, 3.05) is 5.75 Å². The van der Waals surface area contributed by atoms with Crippen LogP contribution >= 0.6 is 11.8 Å². The van der Waals surface area contributed by atoms with Crippen LogP contribution in [0.15, 0.2) is 29.3 Å². The molecule has 1 aromatic heterocycles. The molecule has 3 amide bonds. The minimum absolute atomic E-state index is 0.0254. The first-order valence-corrected chi connectivity index (χ1v) is 9.88. The van der Waals surface area contributed by atoms with Crippen LogP contribution in [0.3, 0.4) is 0 Å². The highest BCUT2D eigenvalue weighted by atomic mass is 32.2. The Morgan fingerprint density at radius 2 is 1.86 bits per heavy atom. The molecule has 2 aromatic rings. The van der Waals surface area contributed by atoms with E-state index in [4.69, 9.17) is 0 Å². The second-order valence-electron chi connectivity index (χ2n) is 6.47. The number of halogens is 3. The first-order valence-electron chi connectivity index (χ1n) is 8.90. The highest BCUT2D eigenvalue weighted by Crippen LogP contribution is 2.32. The monoisotopic (exact) mass is 412 g/mol. The summed E-state index contributed by atoms with van der Waals surface area (Å²) in [5, 5.41) is 5.63. The van der Waals surface area contributed by atoms with Gasteiger partial charge in [-0.15, -0.1) is 11.8 Å². The summed E-state index contributed by atoms with van der Waals surface area (Å²) >= 11 is 1.02. The average Bonchev–Trinajstić information content (AvgIpc) is 3.13. The quantitative estimate of drug-likeness (QED) is 0.575. The Labute approximate surface area is 163 Å². The fourth-order valence-electron chi connectivity index (χ4n) is 3.01. The number of nitrogens with one attached hydrogen (secondary N) is 2. The molecule has 1 aliphatic carbocycles. The lowest BCUT2D eigenvalue weighted by molar-refractivity contribution is -0.145. The Balaban J connectivity index is 1.58. The minimum Gasteiger partial charge on any atom is -0.335 e. The third kappa shape index (κ3) is 5.34. The number of alkyl halides is 3. The molecule has 1 saturated carbocycles. The van der Waals surface area contributed by atoms with Gasteiger partial charge in [0.2, 0.25) is 11.7 Å². The molecular weight excluding hydrogens is 393 g/mol. The van der Waals surface area contributed by atoms with Gasteiger partial charge in [0.25, 0.3) is 0 Å². The Morgan fingerprint density at radius 1 is 1.14 bits per heavy atom. The molecule has 0 atom stereocenters. The summed E-state index contributed by atoms with van der Waals surface area (Å²) in [7, 11) is 0. The standard InChI is InChI=1S/C18H19F3N4O2S/c19-18(20,21)16-23-13-8-4-3-7-12(13)15(25-16)28-10-9-14(26)24-17(27)22-11-5-1-2-6-11/h3-4,7-8,11H,1-2,5-6,9-10H2,(H2,22,24,26,27). The van der Waals surface area contributed by atoms with Crippen molar-refractivity contribution in [3.05, 3.63) is 30.1 Å². The number of amides is 3. The van der Waals surface area contributed by atoms with E-state index in [1.165, 1.54) is 6.07 Å². The van der Waals surface area contributed by atoms with Crippen LogP contribution in [0.5, 0.6) is 0 Å². The van der Waals surface area contributed by atoms with Gasteiger partial charge in [-0.1, -0.05) is 31.0 Å². The first-order chi connectivity index (χ1) is 13.3. The van der Waals surface area contributed by atoms with E-state index >= 15 is 0 Å². The summed E-state index contributed by atoms with van der Waals surface area (Å²) < 4.78 is 39.0. The summed E-state index contributed by atoms with van der Waals surface area (Å²) in [5.74, 6) is -1.52. The molecule has 150 valence electrons. The van der Waals surface area contributed by atoms with Crippen LogP contribution in [-0.4, -0.2) is 33.7 Å². The van der Waals surface area contributed by atoms with Gasteiger partial charge in [-0.2, -0.15) is 13.2 Å². The van der Waals surface area contributed by atoms with Crippen LogP contribution in [0, 0.1) is 0 Å². The number of thioether (sulfide) groups is 1. The van der Waals surface area contributed by atoms with Crippen molar-refractivity contribution in [2.24, 2.45) is 0 Å². The fraction of sp³-hybridized carbons (Fsp3) is 0.444. The van der Waals surface area contributed by atoms with E-state index in [1.807, 2.05) is 0 Å². The van der Waals surface area contributed by atoms with Crippen molar-refractivity contribution in [1.29, 1.82) is 0 Å². The van der Waals surface area contributed by atoms with Crippen LogP contribution in [0.2, 0.25) is 0 Å². The lowest BCUT2D eigenvalue weighted by atomic mass is 10.2. The van der Waals surface area contributed by atoms with E-state index < -0.39 is 23.9 Å². The molecule has 6 nitrogen and oxygen atoms in total. The van der Waals surface area contributed by atoms with E-state index in [1.54, 1.807) is 18.2 Å². The van der Waals surface area contributed by atoms with Crippen molar-refractivity contribution in [2.45, 2.75) is 49.3 Å². The van der Waals surface area contributed by atoms with Crippen LogP contribution in [0.25, 0.3) is 10.9 Å². The molecule has 28 heavy (non-hydrogen) atoms. The second kappa shape index (κ2) is 8.76. The van der Waals surface area contributed by atoms with Crippen LogP contribution in [-0.2, 0) is 11.0 Å². The summed E-state index contributed by atoms with van der Waals surface area (Å²) in [6, 6.07) is 5.95. The zero-order valence-corrected chi connectivity index (χ0v) is 15.7. The average molecular weight is 412 g/mol. The van der Waals surface area contributed by atoms with Crippen molar-refractivity contribution in [3.63, 3.8) is 0 Å². The van der Waals surface area contributed by atoms with Crippen LogP contribution in [0.1, 0.15) is 37.9 Å². The molecule has 0 bridgehead atoms. The smallest absolute Gasteiger partial charge is 0.335 e.